The highest BCUT2D eigenvalue weighted by atomic mass is 16.5. The Morgan fingerprint density at radius 1 is 1.25 bits per heavy atom. The SMILES string of the molecule is CC(=O)c1ccc(CN2CCOCC2)cc1. The largest absolute Gasteiger partial charge is 0.379 e. The van der Waals surface area contributed by atoms with E-state index in [-0.39, 0.29) is 5.78 Å². The lowest BCUT2D eigenvalue weighted by Gasteiger charge is -2.26. The molecular formula is C13H17NO2. The van der Waals surface area contributed by atoms with E-state index in [4.69, 9.17) is 4.74 Å². The van der Waals surface area contributed by atoms with Gasteiger partial charge in [-0.25, -0.2) is 0 Å². The second-order valence-corrected chi connectivity index (χ2v) is 4.14. The van der Waals surface area contributed by atoms with Crippen LogP contribution in [0.25, 0.3) is 0 Å². The van der Waals surface area contributed by atoms with Gasteiger partial charge in [0, 0.05) is 25.2 Å². The van der Waals surface area contributed by atoms with Gasteiger partial charge < -0.3 is 4.74 Å². The third-order valence-corrected chi connectivity index (χ3v) is 2.87. The van der Waals surface area contributed by atoms with Crippen molar-refractivity contribution < 1.29 is 9.53 Å². The fraction of sp³-hybridized carbons (Fsp3) is 0.462. The second-order valence-electron chi connectivity index (χ2n) is 4.14. The minimum absolute atomic E-state index is 0.123. The predicted octanol–water partition coefficient (Wildman–Crippen LogP) is 1.72. The van der Waals surface area contributed by atoms with Gasteiger partial charge in [0.05, 0.1) is 13.2 Å². The highest BCUT2D eigenvalue weighted by Crippen LogP contribution is 2.09. The number of carbonyl (C=O) groups excluding carboxylic acids is 1. The van der Waals surface area contributed by atoms with Crippen LogP contribution in [0.2, 0.25) is 0 Å². The maximum atomic E-state index is 11.1. The van der Waals surface area contributed by atoms with Gasteiger partial charge in [-0.3, -0.25) is 9.69 Å². The Bertz CT molecular complexity index is 353. The molecule has 0 saturated carbocycles. The maximum absolute atomic E-state index is 11.1. The molecule has 1 aromatic carbocycles. The number of morpholine rings is 1. The molecule has 3 heteroatoms. The first-order chi connectivity index (χ1) is 7.75. The van der Waals surface area contributed by atoms with E-state index in [9.17, 15) is 4.79 Å². The average molecular weight is 219 g/mol. The van der Waals surface area contributed by atoms with Crippen LogP contribution < -0.4 is 0 Å². The van der Waals surface area contributed by atoms with Gasteiger partial charge in [0.25, 0.3) is 0 Å². The molecular weight excluding hydrogens is 202 g/mol. The molecule has 0 amide bonds. The van der Waals surface area contributed by atoms with Crippen LogP contribution in [0.1, 0.15) is 22.8 Å². The number of ether oxygens (including phenoxy) is 1. The second kappa shape index (κ2) is 5.23. The van der Waals surface area contributed by atoms with Crippen molar-refractivity contribution in [2.24, 2.45) is 0 Å². The van der Waals surface area contributed by atoms with E-state index in [1.54, 1.807) is 6.92 Å². The number of hydrogen-bond acceptors (Lipinski definition) is 3. The Balaban J connectivity index is 1.96. The number of rotatable bonds is 3. The summed E-state index contributed by atoms with van der Waals surface area (Å²) in [6, 6.07) is 7.87. The van der Waals surface area contributed by atoms with E-state index in [1.165, 1.54) is 5.56 Å². The zero-order valence-electron chi connectivity index (χ0n) is 9.61. The summed E-state index contributed by atoms with van der Waals surface area (Å²) in [7, 11) is 0. The molecule has 0 radical (unpaired) electrons. The molecule has 0 aliphatic carbocycles. The smallest absolute Gasteiger partial charge is 0.159 e. The van der Waals surface area contributed by atoms with Crippen LogP contribution in [0.5, 0.6) is 0 Å². The van der Waals surface area contributed by atoms with E-state index in [0.29, 0.717) is 0 Å². The lowest BCUT2D eigenvalue weighted by molar-refractivity contribution is 0.0342. The fourth-order valence-corrected chi connectivity index (χ4v) is 1.86. The van der Waals surface area contributed by atoms with Crippen LogP contribution in [-0.2, 0) is 11.3 Å². The summed E-state index contributed by atoms with van der Waals surface area (Å²) in [5.74, 6) is 0.123. The zero-order valence-corrected chi connectivity index (χ0v) is 9.61. The Kier molecular flexibility index (Phi) is 3.70. The highest BCUT2D eigenvalue weighted by Gasteiger charge is 2.10. The lowest BCUT2D eigenvalue weighted by Crippen LogP contribution is -2.35. The summed E-state index contributed by atoms with van der Waals surface area (Å²) in [6.07, 6.45) is 0. The van der Waals surface area contributed by atoms with Crippen LogP contribution in [0.15, 0.2) is 24.3 Å². The summed E-state index contributed by atoms with van der Waals surface area (Å²) >= 11 is 0. The molecule has 1 aliphatic heterocycles. The van der Waals surface area contributed by atoms with Crippen molar-refractivity contribution in [2.45, 2.75) is 13.5 Å². The molecule has 1 aliphatic rings. The third kappa shape index (κ3) is 2.90. The normalized spacial score (nSPS) is 17.3. The van der Waals surface area contributed by atoms with Gasteiger partial charge in [-0.1, -0.05) is 24.3 Å². The van der Waals surface area contributed by atoms with Crippen LogP contribution >= 0.6 is 0 Å². The summed E-state index contributed by atoms with van der Waals surface area (Å²) in [5.41, 5.74) is 2.04. The van der Waals surface area contributed by atoms with Crippen molar-refractivity contribution in [2.75, 3.05) is 26.3 Å². The fourth-order valence-electron chi connectivity index (χ4n) is 1.86. The Morgan fingerprint density at radius 3 is 2.44 bits per heavy atom. The van der Waals surface area contributed by atoms with Gasteiger partial charge in [0.15, 0.2) is 5.78 Å². The first-order valence-electron chi connectivity index (χ1n) is 5.66. The standard InChI is InChI=1S/C13H17NO2/c1-11(15)13-4-2-12(3-5-13)10-14-6-8-16-9-7-14/h2-5H,6-10H2,1H3. The highest BCUT2D eigenvalue weighted by molar-refractivity contribution is 5.93. The predicted molar refractivity (Wildman–Crippen MR) is 62.5 cm³/mol. The van der Waals surface area contributed by atoms with Crippen molar-refractivity contribution >= 4 is 5.78 Å². The maximum Gasteiger partial charge on any atom is 0.159 e. The zero-order chi connectivity index (χ0) is 11.4. The molecule has 2 rings (SSSR count). The minimum Gasteiger partial charge on any atom is -0.379 e. The number of hydrogen-bond donors (Lipinski definition) is 0. The summed E-state index contributed by atoms with van der Waals surface area (Å²) < 4.78 is 5.30. The first kappa shape index (κ1) is 11.3. The number of Topliss-reactive ketones (excluding diaryl/α,β-unsaturated/α-hetero) is 1. The molecule has 0 bridgehead atoms. The summed E-state index contributed by atoms with van der Waals surface area (Å²) in [4.78, 5) is 13.5. The van der Waals surface area contributed by atoms with Crippen LogP contribution in [0.4, 0.5) is 0 Å². The average Bonchev–Trinajstić information content (AvgIpc) is 2.31. The van der Waals surface area contributed by atoms with E-state index in [0.717, 1.165) is 38.4 Å². The number of carbonyl (C=O) groups is 1. The van der Waals surface area contributed by atoms with Crippen LogP contribution in [0, 0.1) is 0 Å². The van der Waals surface area contributed by atoms with Crippen molar-refractivity contribution in [3.05, 3.63) is 35.4 Å². The number of nitrogens with zero attached hydrogens (tertiary/aromatic N) is 1. The molecule has 0 unspecified atom stereocenters. The Morgan fingerprint density at radius 2 is 1.88 bits per heavy atom. The quantitative estimate of drug-likeness (QED) is 0.725. The molecule has 3 nitrogen and oxygen atoms in total. The van der Waals surface area contributed by atoms with Crippen LogP contribution in [0.3, 0.4) is 0 Å². The van der Waals surface area contributed by atoms with Crippen molar-refractivity contribution in [1.29, 1.82) is 0 Å². The van der Waals surface area contributed by atoms with E-state index >= 15 is 0 Å². The van der Waals surface area contributed by atoms with Gasteiger partial charge >= 0.3 is 0 Å². The third-order valence-electron chi connectivity index (χ3n) is 2.87. The summed E-state index contributed by atoms with van der Waals surface area (Å²) in [6.45, 7) is 6.18. The molecule has 1 fully saturated rings. The molecule has 1 heterocycles. The van der Waals surface area contributed by atoms with Gasteiger partial charge in [-0.2, -0.15) is 0 Å². The molecule has 0 atom stereocenters. The number of ketones is 1. The van der Waals surface area contributed by atoms with Crippen molar-refractivity contribution in [1.82, 2.24) is 4.90 Å². The molecule has 0 spiro atoms. The van der Waals surface area contributed by atoms with Gasteiger partial charge in [0.2, 0.25) is 0 Å². The summed E-state index contributed by atoms with van der Waals surface area (Å²) in [5, 5.41) is 0. The molecule has 0 N–H and O–H groups in total. The van der Waals surface area contributed by atoms with E-state index in [1.807, 2.05) is 24.3 Å². The molecule has 86 valence electrons. The topological polar surface area (TPSA) is 29.5 Å². The van der Waals surface area contributed by atoms with E-state index in [2.05, 4.69) is 4.90 Å². The Hall–Kier alpha value is -1.19. The molecule has 1 aromatic rings. The van der Waals surface area contributed by atoms with E-state index < -0.39 is 0 Å². The minimum atomic E-state index is 0.123. The lowest BCUT2D eigenvalue weighted by atomic mass is 10.1. The van der Waals surface area contributed by atoms with Crippen molar-refractivity contribution in [3.63, 3.8) is 0 Å². The van der Waals surface area contributed by atoms with Gasteiger partial charge in [-0.15, -0.1) is 0 Å². The van der Waals surface area contributed by atoms with Crippen molar-refractivity contribution in [3.8, 4) is 0 Å². The van der Waals surface area contributed by atoms with Gasteiger partial charge in [-0.05, 0) is 12.5 Å². The molecule has 16 heavy (non-hydrogen) atoms. The number of benzene rings is 1. The monoisotopic (exact) mass is 219 g/mol. The van der Waals surface area contributed by atoms with Crippen LogP contribution in [-0.4, -0.2) is 37.0 Å². The Labute approximate surface area is 96.0 Å². The van der Waals surface area contributed by atoms with Gasteiger partial charge in [0.1, 0.15) is 0 Å². The molecule has 1 saturated heterocycles. The molecule has 0 aromatic heterocycles. The first-order valence-corrected chi connectivity index (χ1v) is 5.66.